The molecule has 50 heavy (non-hydrogen) atoms. The highest BCUT2D eigenvalue weighted by Gasteiger charge is 2.42. The summed E-state index contributed by atoms with van der Waals surface area (Å²) in [5.41, 5.74) is 8.64. The summed E-state index contributed by atoms with van der Waals surface area (Å²) in [4.78, 5) is 3.66. The number of piperidine rings is 1. The summed E-state index contributed by atoms with van der Waals surface area (Å²) < 4.78 is 35.8. The Morgan fingerprint density at radius 2 is 1.58 bits per heavy atom. The number of aryl methyl sites for hydroxylation is 1. The van der Waals surface area contributed by atoms with E-state index in [4.69, 9.17) is 15.8 Å². The highest BCUT2D eigenvalue weighted by Crippen LogP contribution is 2.49. The number of nitrogens with one attached hydrogen (secondary N) is 1. The number of fused-ring (bicyclic) bond motifs is 3. The number of rotatable bonds is 12. The molecule has 1 fully saturated rings. The minimum absolute atomic E-state index is 0.0247. The van der Waals surface area contributed by atoms with Crippen LogP contribution in [0.4, 0.5) is 5.69 Å². The van der Waals surface area contributed by atoms with Crippen molar-refractivity contribution in [3.63, 3.8) is 0 Å². The zero-order chi connectivity index (χ0) is 34.7. The number of halogens is 1. The van der Waals surface area contributed by atoms with Crippen LogP contribution >= 0.6 is 23.5 Å². The number of hydrogen-bond acceptors (Lipinski definition) is 6. The van der Waals surface area contributed by atoms with Gasteiger partial charge in [-0.2, -0.15) is 13.1 Å². The fourth-order valence-corrected chi connectivity index (χ4v) is 9.25. The zero-order valence-electron chi connectivity index (χ0n) is 28.3. The van der Waals surface area contributed by atoms with Crippen LogP contribution in [0.25, 0.3) is 0 Å². The molecule has 2 heterocycles. The Hall–Kier alpha value is -3.79. The Morgan fingerprint density at radius 3 is 2.32 bits per heavy atom. The molecule has 0 bridgehead atoms. The van der Waals surface area contributed by atoms with Crippen LogP contribution in [0, 0.1) is 6.92 Å². The predicted octanol–water partition coefficient (Wildman–Crippen LogP) is 8.99. The maximum Gasteiger partial charge on any atom is 0.382 e. The molecule has 2 aliphatic heterocycles. The third-order valence-corrected chi connectivity index (χ3v) is 12.1. The van der Waals surface area contributed by atoms with E-state index >= 15 is 0 Å². The third-order valence-electron chi connectivity index (χ3n) is 9.76. The molecule has 9 heteroatoms. The molecule has 5 aromatic carbocycles. The lowest BCUT2D eigenvalue weighted by Gasteiger charge is -2.36. The van der Waals surface area contributed by atoms with Gasteiger partial charge in [0.1, 0.15) is 5.75 Å². The van der Waals surface area contributed by atoms with E-state index in [9.17, 15) is 8.42 Å². The van der Waals surface area contributed by atoms with Crippen LogP contribution in [-0.4, -0.2) is 46.0 Å². The molecule has 3 unspecified atom stereocenters. The van der Waals surface area contributed by atoms with Crippen molar-refractivity contribution in [3.05, 3.63) is 160 Å². The first kappa shape index (κ1) is 34.6. The van der Waals surface area contributed by atoms with Crippen LogP contribution in [0.15, 0.2) is 126 Å². The SMILES string of the molecule is Cc1ccc(OS(=O)(=O)NCCC(c2ccccc2)c2ccc(Cc3ccc4c(c3)C3CN(C)CCC3N4Sc3ccc(Cl)cc3)cc2)cc1. The van der Waals surface area contributed by atoms with Crippen molar-refractivity contribution in [1.82, 2.24) is 9.62 Å². The van der Waals surface area contributed by atoms with E-state index in [-0.39, 0.29) is 12.5 Å². The molecule has 2 aliphatic rings. The van der Waals surface area contributed by atoms with Gasteiger partial charge in [0.2, 0.25) is 0 Å². The lowest BCUT2D eigenvalue weighted by molar-refractivity contribution is 0.238. The highest BCUT2D eigenvalue weighted by atomic mass is 35.5. The van der Waals surface area contributed by atoms with Gasteiger partial charge < -0.3 is 13.4 Å². The van der Waals surface area contributed by atoms with Crippen LogP contribution in [0.2, 0.25) is 5.02 Å². The number of likely N-dealkylation sites (tertiary alicyclic amines) is 1. The van der Waals surface area contributed by atoms with Gasteiger partial charge in [0.05, 0.1) is 11.7 Å². The Bertz CT molecular complexity index is 2010. The maximum atomic E-state index is 12.7. The summed E-state index contributed by atoms with van der Waals surface area (Å²) in [6.07, 6.45) is 2.57. The Kier molecular flexibility index (Phi) is 10.5. The van der Waals surface area contributed by atoms with Gasteiger partial charge in [0.25, 0.3) is 0 Å². The van der Waals surface area contributed by atoms with Crippen molar-refractivity contribution in [1.29, 1.82) is 0 Å². The molecule has 5 aromatic rings. The van der Waals surface area contributed by atoms with Gasteiger partial charge >= 0.3 is 10.3 Å². The van der Waals surface area contributed by atoms with Gasteiger partial charge in [-0.25, -0.2) is 0 Å². The molecule has 258 valence electrons. The normalized spacial score (nSPS) is 18.0. The van der Waals surface area contributed by atoms with Gasteiger partial charge in [-0.05, 0) is 122 Å². The molecular weight excluding hydrogens is 682 g/mol. The Morgan fingerprint density at radius 1 is 0.880 bits per heavy atom. The number of hydrogen-bond donors (Lipinski definition) is 1. The van der Waals surface area contributed by atoms with Gasteiger partial charge in [-0.1, -0.05) is 96.0 Å². The molecule has 0 aliphatic carbocycles. The topological polar surface area (TPSA) is 61.9 Å². The molecule has 3 atom stereocenters. The van der Waals surface area contributed by atoms with Gasteiger partial charge in [-0.3, -0.25) is 0 Å². The molecule has 0 saturated carbocycles. The highest BCUT2D eigenvalue weighted by molar-refractivity contribution is 8.00. The van der Waals surface area contributed by atoms with E-state index in [1.807, 2.05) is 61.3 Å². The monoisotopic (exact) mass is 723 g/mol. The summed E-state index contributed by atoms with van der Waals surface area (Å²) in [5, 5.41) is 0.758. The third kappa shape index (κ3) is 8.22. The van der Waals surface area contributed by atoms with E-state index in [2.05, 4.69) is 87.7 Å². The molecule has 0 radical (unpaired) electrons. The number of likely N-dealkylation sites (N-methyl/N-ethyl adjacent to an activating group) is 1. The van der Waals surface area contributed by atoms with Crippen molar-refractivity contribution in [2.45, 2.75) is 49.0 Å². The molecule has 0 spiro atoms. The van der Waals surface area contributed by atoms with Crippen molar-refractivity contribution in [2.75, 3.05) is 31.0 Å². The fourth-order valence-electron chi connectivity index (χ4n) is 7.20. The van der Waals surface area contributed by atoms with E-state index in [1.165, 1.54) is 27.3 Å². The Balaban J connectivity index is 1.05. The Labute approximate surface area is 305 Å². The average molecular weight is 724 g/mol. The molecule has 7 rings (SSSR count). The second-order valence-electron chi connectivity index (χ2n) is 13.4. The molecule has 0 amide bonds. The van der Waals surface area contributed by atoms with Crippen LogP contribution in [0.3, 0.4) is 0 Å². The smallest absolute Gasteiger partial charge is 0.371 e. The zero-order valence-corrected chi connectivity index (χ0v) is 30.7. The quantitative estimate of drug-likeness (QED) is 0.130. The van der Waals surface area contributed by atoms with Crippen LogP contribution in [0.5, 0.6) is 5.75 Å². The fraction of sp³-hybridized carbons (Fsp3) is 0.268. The summed E-state index contributed by atoms with van der Waals surface area (Å²) in [6.45, 7) is 4.35. The summed E-state index contributed by atoms with van der Waals surface area (Å²) in [5.74, 6) is 0.788. The van der Waals surface area contributed by atoms with Crippen molar-refractivity contribution >= 4 is 39.5 Å². The molecule has 6 nitrogen and oxygen atoms in total. The number of benzene rings is 5. The lowest BCUT2D eigenvalue weighted by atomic mass is 9.87. The van der Waals surface area contributed by atoms with Gasteiger partial charge in [-0.15, -0.1) is 0 Å². The van der Waals surface area contributed by atoms with Gasteiger partial charge in [0, 0.05) is 34.8 Å². The van der Waals surface area contributed by atoms with Crippen LogP contribution in [-0.2, 0) is 16.7 Å². The van der Waals surface area contributed by atoms with Crippen LogP contribution in [0.1, 0.15) is 58.1 Å². The summed E-state index contributed by atoms with van der Waals surface area (Å²) in [7, 11) is -1.72. The average Bonchev–Trinajstić information content (AvgIpc) is 3.41. The predicted molar refractivity (Wildman–Crippen MR) is 206 cm³/mol. The summed E-state index contributed by atoms with van der Waals surface area (Å²) >= 11 is 8.00. The number of anilines is 1. The standard InChI is InChI=1S/C41H42ClN3O3S2/c1-29-8-17-35(18-9-29)48-50(46,47)43-24-22-37(32-6-4-3-5-7-32)33-13-10-30(11-14-33)26-31-12-21-40-38(27-31)39-28-44(2)25-23-41(39)45(40)49-36-19-15-34(42)16-20-36/h3-21,27,37,39,41,43H,22-26,28H2,1-2H3. The van der Waals surface area contributed by atoms with E-state index in [1.54, 1.807) is 12.1 Å². The minimum atomic E-state index is -3.95. The maximum absolute atomic E-state index is 12.7. The first-order valence-electron chi connectivity index (χ1n) is 17.1. The van der Waals surface area contributed by atoms with E-state index in [0.717, 1.165) is 47.6 Å². The molecular formula is C41H42ClN3O3S2. The number of nitrogens with zero attached hydrogens (tertiary/aromatic N) is 2. The van der Waals surface area contributed by atoms with Crippen molar-refractivity contribution in [3.8, 4) is 5.75 Å². The molecule has 0 aromatic heterocycles. The first-order valence-corrected chi connectivity index (χ1v) is 19.7. The van der Waals surface area contributed by atoms with E-state index < -0.39 is 10.3 Å². The summed E-state index contributed by atoms with van der Waals surface area (Å²) in [6, 6.07) is 41.7. The van der Waals surface area contributed by atoms with E-state index in [0.29, 0.717) is 24.1 Å². The lowest BCUT2D eigenvalue weighted by Crippen LogP contribution is -2.42. The second-order valence-corrected chi connectivity index (χ2v) is 16.3. The first-order chi connectivity index (χ1) is 24.2. The van der Waals surface area contributed by atoms with Crippen LogP contribution < -0.4 is 13.2 Å². The molecule has 1 N–H and O–H groups in total. The van der Waals surface area contributed by atoms with Crippen molar-refractivity contribution in [2.24, 2.45) is 0 Å². The van der Waals surface area contributed by atoms with Gasteiger partial charge in [0.15, 0.2) is 0 Å². The largest absolute Gasteiger partial charge is 0.382 e. The second kappa shape index (κ2) is 15.2. The minimum Gasteiger partial charge on any atom is -0.371 e. The molecule has 1 saturated heterocycles. The van der Waals surface area contributed by atoms with Crippen molar-refractivity contribution < 1.29 is 12.6 Å².